The summed E-state index contributed by atoms with van der Waals surface area (Å²) in [5.41, 5.74) is 0.591. The third-order valence-electron chi connectivity index (χ3n) is 5.29. The Labute approximate surface area is 189 Å². The van der Waals surface area contributed by atoms with Crippen LogP contribution in [0.3, 0.4) is 0 Å². The number of benzene rings is 1. The molecule has 2 fully saturated rings. The van der Waals surface area contributed by atoms with E-state index in [1.165, 1.54) is 12.4 Å². The second kappa shape index (κ2) is 9.25. The quantitative estimate of drug-likeness (QED) is 0.560. The average Bonchev–Trinajstić information content (AvgIpc) is 3.47. The third-order valence-corrected chi connectivity index (χ3v) is 5.29. The Hall–Kier alpha value is -3.99. The Kier molecular flexibility index (Phi) is 5.85. The molecule has 2 amide bonds. The summed E-state index contributed by atoms with van der Waals surface area (Å²) in [4.78, 5) is 35.1. The fourth-order valence-electron chi connectivity index (χ4n) is 3.43. The Bertz CT molecular complexity index is 1120. The van der Waals surface area contributed by atoms with Gasteiger partial charge in [-0.15, -0.1) is 0 Å². The van der Waals surface area contributed by atoms with Gasteiger partial charge in [-0.25, -0.2) is 9.97 Å². The number of H-pyrrole nitrogens is 1. The number of ether oxygens (including phenoxy) is 3. The topological polar surface area (TPSA) is 132 Å². The van der Waals surface area contributed by atoms with E-state index in [0.29, 0.717) is 36.1 Å². The van der Waals surface area contributed by atoms with E-state index < -0.39 is 0 Å². The minimum atomic E-state index is -0.362. The molecule has 2 aromatic heterocycles. The molecule has 0 saturated carbocycles. The molecule has 11 nitrogen and oxygen atoms in total. The van der Waals surface area contributed by atoms with Crippen molar-refractivity contribution < 1.29 is 23.8 Å². The second-order valence-electron chi connectivity index (χ2n) is 7.71. The number of nitrogens with zero attached hydrogens (tertiary/aromatic N) is 4. The first kappa shape index (κ1) is 20.9. The Morgan fingerprint density at radius 3 is 2.70 bits per heavy atom. The van der Waals surface area contributed by atoms with Crippen molar-refractivity contribution in [3.63, 3.8) is 0 Å². The van der Waals surface area contributed by atoms with Gasteiger partial charge in [0.15, 0.2) is 0 Å². The van der Waals surface area contributed by atoms with Crippen molar-refractivity contribution in [1.82, 2.24) is 25.1 Å². The van der Waals surface area contributed by atoms with Gasteiger partial charge in [-0.3, -0.25) is 14.7 Å². The predicted molar refractivity (Wildman–Crippen MR) is 115 cm³/mol. The number of nitrogens with one attached hydrogen (secondary N) is 2. The molecule has 2 aliphatic rings. The maximum Gasteiger partial charge on any atom is 0.274 e. The first-order chi connectivity index (χ1) is 16.1. The summed E-state index contributed by atoms with van der Waals surface area (Å²) in [6.45, 7) is 2.59. The van der Waals surface area contributed by atoms with Crippen molar-refractivity contribution in [3.8, 4) is 17.4 Å². The van der Waals surface area contributed by atoms with Crippen LogP contribution in [0.15, 0.2) is 42.9 Å². The van der Waals surface area contributed by atoms with Crippen molar-refractivity contribution in [2.45, 2.75) is 18.9 Å². The lowest BCUT2D eigenvalue weighted by atomic mass is 10.2. The summed E-state index contributed by atoms with van der Waals surface area (Å²) in [5, 5.41) is 9.24. The highest BCUT2D eigenvalue weighted by atomic mass is 16.5. The van der Waals surface area contributed by atoms with Gasteiger partial charge in [-0.1, -0.05) is 0 Å². The van der Waals surface area contributed by atoms with Gasteiger partial charge in [0.25, 0.3) is 11.8 Å². The molecule has 1 unspecified atom stereocenters. The van der Waals surface area contributed by atoms with E-state index in [1.54, 1.807) is 35.4 Å². The number of carbonyl (C=O) groups is 2. The highest BCUT2D eigenvalue weighted by molar-refractivity contribution is 6.04. The number of carbonyl (C=O) groups excluding carboxylic acids is 2. The zero-order valence-corrected chi connectivity index (χ0v) is 17.7. The maximum absolute atomic E-state index is 12.8. The van der Waals surface area contributed by atoms with E-state index in [1.807, 2.05) is 0 Å². The lowest BCUT2D eigenvalue weighted by Crippen LogP contribution is -2.42. The Morgan fingerprint density at radius 2 is 2.03 bits per heavy atom. The van der Waals surface area contributed by atoms with Crippen LogP contribution >= 0.6 is 0 Å². The van der Waals surface area contributed by atoms with Crippen LogP contribution in [-0.4, -0.2) is 69.3 Å². The number of likely N-dealkylation sites (tertiary alicyclic amines) is 1. The van der Waals surface area contributed by atoms with E-state index in [2.05, 4.69) is 25.5 Å². The van der Waals surface area contributed by atoms with E-state index in [9.17, 15) is 9.59 Å². The molecule has 2 aliphatic heterocycles. The minimum absolute atomic E-state index is 0.102. The van der Waals surface area contributed by atoms with Gasteiger partial charge >= 0.3 is 0 Å². The van der Waals surface area contributed by atoms with Crippen LogP contribution in [0.2, 0.25) is 0 Å². The number of aromatic nitrogens is 4. The Morgan fingerprint density at radius 1 is 1.15 bits per heavy atom. The van der Waals surface area contributed by atoms with Gasteiger partial charge in [0.05, 0.1) is 31.8 Å². The molecule has 5 rings (SSSR count). The summed E-state index contributed by atoms with van der Waals surface area (Å²) in [7, 11) is 0. The molecule has 2 N–H and O–H groups in total. The molecular weight excluding hydrogens is 428 g/mol. The molecule has 11 heteroatoms. The van der Waals surface area contributed by atoms with Crippen molar-refractivity contribution in [2.75, 3.05) is 31.6 Å². The molecule has 4 heterocycles. The molecule has 1 atom stereocenters. The summed E-state index contributed by atoms with van der Waals surface area (Å²) in [6.07, 6.45) is 5.98. The first-order valence-corrected chi connectivity index (χ1v) is 10.6. The summed E-state index contributed by atoms with van der Waals surface area (Å²) < 4.78 is 17.2. The van der Waals surface area contributed by atoms with Crippen LogP contribution in [0, 0.1) is 0 Å². The van der Waals surface area contributed by atoms with Gasteiger partial charge in [-0.05, 0) is 18.6 Å². The highest BCUT2D eigenvalue weighted by Crippen LogP contribution is 2.28. The molecule has 170 valence electrons. The zero-order chi connectivity index (χ0) is 22.6. The standard InChI is InChI=1S/C22H22N6O5/c29-21(26-19-2-4-25-27-19)14-8-16(32-15-3-7-31-13-15)10-17(9-14)33-20-12-23-18(11-24-20)22(30)28-5-1-6-28/h2,4,8-12,15H,1,3,5-7,13H2,(H2,25,26,27,29). The van der Waals surface area contributed by atoms with Gasteiger partial charge < -0.3 is 24.4 Å². The van der Waals surface area contributed by atoms with Crippen LogP contribution < -0.4 is 14.8 Å². The first-order valence-electron chi connectivity index (χ1n) is 10.6. The van der Waals surface area contributed by atoms with Crippen LogP contribution in [0.25, 0.3) is 0 Å². The second-order valence-corrected chi connectivity index (χ2v) is 7.71. The van der Waals surface area contributed by atoms with Crippen LogP contribution in [-0.2, 0) is 4.74 Å². The zero-order valence-electron chi connectivity index (χ0n) is 17.7. The van der Waals surface area contributed by atoms with E-state index >= 15 is 0 Å². The molecule has 0 aliphatic carbocycles. The van der Waals surface area contributed by atoms with Crippen LogP contribution in [0.5, 0.6) is 17.4 Å². The lowest BCUT2D eigenvalue weighted by Gasteiger charge is -2.30. The molecule has 3 aromatic rings. The normalized spacial score (nSPS) is 17.3. The molecule has 1 aromatic carbocycles. The van der Waals surface area contributed by atoms with Crippen molar-refractivity contribution >= 4 is 17.6 Å². The lowest BCUT2D eigenvalue weighted by molar-refractivity contribution is 0.0645. The number of anilines is 1. The summed E-state index contributed by atoms with van der Waals surface area (Å²) in [5.74, 6) is 0.960. The number of hydrogen-bond donors (Lipinski definition) is 2. The molecule has 0 spiro atoms. The number of hydrogen-bond acceptors (Lipinski definition) is 8. The minimum Gasteiger partial charge on any atom is -0.488 e. The van der Waals surface area contributed by atoms with Gasteiger partial charge in [0.2, 0.25) is 5.88 Å². The molecule has 0 radical (unpaired) electrons. The third kappa shape index (κ3) is 4.93. The van der Waals surface area contributed by atoms with Gasteiger partial charge in [0, 0.05) is 37.2 Å². The molecule has 33 heavy (non-hydrogen) atoms. The smallest absolute Gasteiger partial charge is 0.274 e. The van der Waals surface area contributed by atoms with Crippen molar-refractivity contribution in [3.05, 3.63) is 54.1 Å². The van der Waals surface area contributed by atoms with E-state index in [-0.39, 0.29) is 29.5 Å². The van der Waals surface area contributed by atoms with E-state index in [4.69, 9.17) is 14.2 Å². The fraction of sp³-hybridized carbons (Fsp3) is 0.318. The van der Waals surface area contributed by atoms with E-state index in [0.717, 1.165) is 25.9 Å². The SMILES string of the molecule is O=C(Nc1ccn[nH]1)c1cc(Oc2cnc(C(=O)N3CCC3)cn2)cc(OC2CCOC2)c1. The van der Waals surface area contributed by atoms with Crippen LogP contribution in [0.1, 0.15) is 33.7 Å². The molecular formula is C22H22N6O5. The number of amides is 2. The number of aromatic amines is 1. The average molecular weight is 450 g/mol. The summed E-state index contributed by atoms with van der Waals surface area (Å²) >= 11 is 0. The van der Waals surface area contributed by atoms with Gasteiger partial charge in [-0.2, -0.15) is 5.10 Å². The number of rotatable bonds is 7. The molecule has 0 bridgehead atoms. The van der Waals surface area contributed by atoms with Crippen molar-refractivity contribution in [2.24, 2.45) is 0 Å². The Balaban J connectivity index is 1.35. The molecule has 2 saturated heterocycles. The van der Waals surface area contributed by atoms with Crippen LogP contribution in [0.4, 0.5) is 5.82 Å². The van der Waals surface area contributed by atoms with Crippen molar-refractivity contribution in [1.29, 1.82) is 0 Å². The fourth-order valence-corrected chi connectivity index (χ4v) is 3.43. The largest absolute Gasteiger partial charge is 0.488 e. The monoisotopic (exact) mass is 450 g/mol. The highest BCUT2D eigenvalue weighted by Gasteiger charge is 2.23. The summed E-state index contributed by atoms with van der Waals surface area (Å²) in [6, 6.07) is 6.53. The van der Waals surface area contributed by atoms with Gasteiger partial charge in [0.1, 0.15) is 29.1 Å². The maximum atomic E-state index is 12.8. The predicted octanol–water partition coefficient (Wildman–Crippen LogP) is 2.26.